The minimum Gasteiger partial charge on any atom is -0.480 e. The van der Waals surface area contributed by atoms with Crippen molar-refractivity contribution in [2.24, 2.45) is 0 Å². The summed E-state index contributed by atoms with van der Waals surface area (Å²) >= 11 is 0. The lowest BCUT2D eigenvalue weighted by Gasteiger charge is -2.39. The van der Waals surface area contributed by atoms with E-state index in [1.807, 2.05) is 24.3 Å². The van der Waals surface area contributed by atoms with Gasteiger partial charge in [-0.2, -0.15) is 0 Å². The van der Waals surface area contributed by atoms with E-state index in [-0.39, 0.29) is 0 Å². The number of carboxylic acid groups (broad SMARTS) is 1. The molecule has 1 N–H and O–H groups in total. The van der Waals surface area contributed by atoms with Crippen LogP contribution in [0.3, 0.4) is 0 Å². The van der Waals surface area contributed by atoms with Crippen LogP contribution in [0.15, 0.2) is 48.5 Å². The summed E-state index contributed by atoms with van der Waals surface area (Å²) < 4.78 is 0. The third kappa shape index (κ3) is 4.02. The third-order valence-corrected chi connectivity index (χ3v) is 5.29. The van der Waals surface area contributed by atoms with Gasteiger partial charge < -0.3 is 10.0 Å². The second-order valence-corrected chi connectivity index (χ2v) is 6.78. The SMILES string of the molecule is Cc1cccc(C[C@@H](C(=O)O)N2CCN(c3ccccc3)CC2)c1C. The monoisotopic (exact) mass is 338 g/mol. The fourth-order valence-corrected chi connectivity index (χ4v) is 3.54. The fraction of sp³-hybridized carbons (Fsp3) is 0.381. The summed E-state index contributed by atoms with van der Waals surface area (Å²) in [5, 5.41) is 9.77. The van der Waals surface area contributed by atoms with E-state index in [1.54, 1.807) is 0 Å². The summed E-state index contributed by atoms with van der Waals surface area (Å²) in [6.07, 6.45) is 0.564. The molecule has 0 radical (unpaired) electrons. The van der Waals surface area contributed by atoms with Crippen LogP contribution in [-0.2, 0) is 11.2 Å². The molecule has 3 rings (SSSR count). The first-order chi connectivity index (χ1) is 12.1. The molecule has 1 atom stereocenters. The Balaban J connectivity index is 1.68. The standard InChI is InChI=1S/C21H26N2O2/c1-16-7-6-8-18(17(16)2)15-20(21(24)25)23-13-11-22(12-14-23)19-9-4-3-5-10-19/h3-10,20H,11-15H2,1-2H3,(H,24,25)/t20-/m0/s1. The summed E-state index contributed by atoms with van der Waals surface area (Å²) in [6, 6.07) is 16.0. The number of hydrogen-bond donors (Lipinski definition) is 1. The number of benzene rings is 2. The molecule has 4 nitrogen and oxygen atoms in total. The third-order valence-electron chi connectivity index (χ3n) is 5.29. The van der Waals surface area contributed by atoms with Gasteiger partial charge in [0, 0.05) is 31.9 Å². The Hall–Kier alpha value is -2.33. The first-order valence-corrected chi connectivity index (χ1v) is 8.88. The van der Waals surface area contributed by atoms with Gasteiger partial charge in [0.05, 0.1) is 0 Å². The molecular weight excluding hydrogens is 312 g/mol. The summed E-state index contributed by atoms with van der Waals surface area (Å²) in [7, 11) is 0. The van der Waals surface area contributed by atoms with Gasteiger partial charge >= 0.3 is 5.97 Å². The van der Waals surface area contributed by atoms with Crippen molar-refractivity contribution < 1.29 is 9.90 Å². The van der Waals surface area contributed by atoms with Gasteiger partial charge in [0.15, 0.2) is 0 Å². The number of rotatable bonds is 5. The van der Waals surface area contributed by atoms with Crippen LogP contribution in [0.5, 0.6) is 0 Å². The van der Waals surface area contributed by atoms with E-state index < -0.39 is 12.0 Å². The Labute approximate surface area is 149 Å². The van der Waals surface area contributed by atoms with Gasteiger partial charge in [0.25, 0.3) is 0 Å². The van der Waals surface area contributed by atoms with Crippen molar-refractivity contribution in [2.45, 2.75) is 26.3 Å². The number of hydrogen-bond acceptors (Lipinski definition) is 3. The first-order valence-electron chi connectivity index (χ1n) is 8.88. The maximum Gasteiger partial charge on any atom is 0.321 e. The summed E-state index contributed by atoms with van der Waals surface area (Å²) in [4.78, 5) is 16.3. The predicted octanol–water partition coefficient (Wildman–Crippen LogP) is 3.12. The van der Waals surface area contributed by atoms with E-state index in [1.165, 1.54) is 16.8 Å². The van der Waals surface area contributed by atoms with E-state index in [0.717, 1.165) is 31.7 Å². The quantitative estimate of drug-likeness (QED) is 0.910. The lowest BCUT2D eigenvalue weighted by Crippen LogP contribution is -2.53. The molecule has 1 aliphatic rings. The van der Waals surface area contributed by atoms with Crippen molar-refractivity contribution in [2.75, 3.05) is 31.1 Å². The highest BCUT2D eigenvalue weighted by Crippen LogP contribution is 2.20. The molecule has 0 spiro atoms. The molecule has 0 unspecified atom stereocenters. The summed E-state index contributed by atoms with van der Waals surface area (Å²) in [5.74, 6) is -0.728. The van der Waals surface area contributed by atoms with Crippen LogP contribution < -0.4 is 4.90 Å². The van der Waals surface area contributed by atoms with Gasteiger partial charge in [0.2, 0.25) is 0 Å². The van der Waals surface area contributed by atoms with Crippen molar-refractivity contribution >= 4 is 11.7 Å². The highest BCUT2D eigenvalue weighted by Gasteiger charge is 2.29. The zero-order chi connectivity index (χ0) is 17.8. The lowest BCUT2D eigenvalue weighted by atomic mass is 9.96. The van der Waals surface area contributed by atoms with Crippen LogP contribution in [-0.4, -0.2) is 48.2 Å². The molecular formula is C21H26N2O2. The Morgan fingerprint density at radius 2 is 1.68 bits per heavy atom. The average molecular weight is 338 g/mol. The zero-order valence-corrected chi connectivity index (χ0v) is 15.0. The van der Waals surface area contributed by atoms with Gasteiger partial charge in [-0.05, 0) is 49.1 Å². The van der Waals surface area contributed by atoms with Gasteiger partial charge in [-0.1, -0.05) is 36.4 Å². The number of piperazine rings is 1. The largest absolute Gasteiger partial charge is 0.480 e. The van der Waals surface area contributed by atoms with E-state index in [2.05, 4.69) is 47.9 Å². The van der Waals surface area contributed by atoms with Crippen LogP contribution in [0.2, 0.25) is 0 Å². The van der Waals surface area contributed by atoms with Crippen molar-refractivity contribution in [3.63, 3.8) is 0 Å². The molecule has 0 aromatic heterocycles. The zero-order valence-electron chi connectivity index (χ0n) is 15.0. The molecule has 132 valence electrons. The molecule has 2 aromatic rings. The number of nitrogens with zero attached hydrogens (tertiary/aromatic N) is 2. The minimum absolute atomic E-state index is 0.460. The number of aryl methyl sites for hydroxylation is 1. The Morgan fingerprint density at radius 3 is 2.32 bits per heavy atom. The van der Waals surface area contributed by atoms with E-state index in [9.17, 15) is 9.90 Å². The number of aliphatic carboxylic acids is 1. The number of carbonyl (C=O) groups is 1. The normalized spacial score (nSPS) is 16.6. The molecule has 0 aliphatic carbocycles. The van der Waals surface area contributed by atoms with Gasteiger partial charge in [-0.25, -0.2) is 0 Å². The van der Waals surface area contributed by atoms with Gasteiger partial charge in [-0.15, -0.1) is 0 Å². The average Bonchev–Trinajstić information content (AvgIpc) is 2.63. The second-order valence-electron chi connectivity index (χ2n) is 6.78. The number of carboxylic acids is 1. The maximum atomic E-state index is 11.9. The molecule has 25 heavy (non-hydrogen) atoms. The van der Waals surface area contributed by atoms with Crippen molar-refractivity contribution in [1.29, 1.82) is 0 Å². The Bertz CT molecular complexity index is 722. The summed E-state index contributed by atoms with van der Waals surface area (Å²) in [5.41, 5.74) is 4.77. The van der Waals surface area contributed by atoms with Crippen LogP contribution in [0.4, 0.5) is 5.69 Å². The Kier molecular flexibility index (Phi) is 5.39. The van der Waals surface area contributed by atoms with Crippen LogP contribution in [0, 0.1) is 13.8 Å². The van der Waals surface area contributed by atoms with Crippen molar-refractivity contribution in [1.82, 2.24) is 4.90 Å². The number of anilines is 1. The highest BCUT2D eigenvalue weighted by molar-refractivity contribution is 5.74. The van der Waals surface area contributed by atoms with Crippen molar-refractivity contribution in [3.05, 3.63) is 65.2 Å². The molecule has 0 bridgehead atoms. The topological polar surface area (TPSA) is 43.8 Å². The van der Waals surface area contributed by atoms with Crippen LogP contribution in [0.1, 0.15) is 16.7 Å². The number of para-hydroxylation sites is 1. The molecule has 1 aliphatic heterocycles. The van der Waals surface area contributed by atoms with Crippen molar-refractivity contribution in [3.8, 4) is 0 Å². The fourth-order valence-electron chi connectivity index (χ4n) is 3.54. The molecule has 1 saturated heterocycles. The molecule has 1 fully saturated rings. The molecule has 4 heteroatoms. The predicted molar refractivity (Wildman–Crippen MR) is 101 cm³/mol. The van der Waals surface area contributed by atoms with Crippen LogP contribution in [0.25, 0.3) is 0 Å². The van der Waals surface area contributed by atoms with E-state index in [4.69, 9.17) is 0 Å². The highest BCUT2D eigenvalue weighted by atomic mass is 16.4. The van der Waals surface area contributed by atoms with E-state index in [0.29, 0.717) is 6.42 Å². The van der Waals surface area contributed by atoms with Gasteiger partial charge in [-0.3, -0.25) is 9.69 Å². The van der Waals surface area contributed by atoms with Gasteiger partial charge in [0.1, 0.15) is 6.04 Å². The first kappa shape index (κ1) is 17.5. The lowest BCUT2D eigenvalue weighted by molar-refractivity contribution is -0.143. The maximum absolute atomic E-state index is 11.9. The molecule has 1 heterocycles. The molecule has 0 saturated carbocycles. The molecule has 2 aromatic carbocycles. The van der Waals surface area contributed by atoms with E-state index >= 15 is 0 Å². The molecule has 0 amide bonds. The second kappa shape index (κ2) is 7.70. The van der Waals surface area contributed by atoms with Crippen LogP contribution >= 0.6 is 0 Å². The Morgan fingerprint density at radius 1 is 1.00 bits per heavy atom. The minimum atomic E-state index is -0.728. The summed E-state index contributed by atoms with van der Waals surface area (Å²) in [6.45, 7) is 7.43. The smallest absolute Gasteiger partial charge is 0.321 e.